The minimum atomic E-state index is -0.454. The third-order valence-electron chi connectivity index (χ3n) is 5.40. The number of nitrogens with zero attached hydrogens (tertiary/aromatic N) is 5. The van der Waals surface area contributed by atoms with Gasteiger partial charge < -0.3 is 9.64 Å². The second kappa shape index (κ2) is 9.55. The average molecular weight is 433 g/mol. The molecule has 1 fully saturated rings. The van der Waals surface area contributed by atoms with Crippen molar-refractivity contribution in [3.05, 3.63) is 77.9 Å². The monoisotopic (exact) mass is 433 g/mol. The highest BCUT2D eigenvalue weighted by Crippen LogP contribution is 2.32. The Hall–Kier alpha value is -3.81. The zero-order valence-electron chi connectivity index (χ0n) is 17.8. The number of carbonyl (C=O) groups excluding carboxylic acids is 1. The lowest BCUT2D eigenvalue weighted by molar-refractivity contribution is 0.0469. The van der Waals surface area contributed by atoms with Gasteiger partial charge in [0.2, 0.25) is 0 Å². The van der Waals surface area contributed by atoms with Crippen LogP contribution in [0, 0.1) is 5.82 Å². The number of likely N-dealkylation sites (tertiary alicyclic amines) is 1. The Morgan fingerprint density at radius 2 is 1.94 bits per heavy atom. The van der Waals surface area contributed by atoms with E-state index in [0.29, 0.717) is 35.7 Å². The van der Waals surface area contributed by atoms with Crippen molar-refractivity contribution in [1.82, 2.24) is 19.9 Å². The summed E-state index contributed by atoms with van der Waals surface area (Å²) in [5.41, 5.74) is 1.85. The Morgan fingerprint density at radius 1 is 1.19 bits per heavy atom. The molecule has 7 nitrogen and oxygen atoms in total. The number of rotatable bonds is 6. The number of hydrogen-bond acceptors (Lipinski definition) is 5. The summed E-state index contributed by atoms with van der Waals surface area (Å²) in [4.78, 5) is 20.4. The van der Waals surface area contributed by atoms with E-state index >= 15 is 0 Å². The number of benzene rings is 2. The van der Waals surface area contributed by atoms with Crippen LogP contribution in [0.1, 0.15) is 35.7 Å². The van der Waals surface area contributed by atoms with Gasteiger partial charge in [0.05, 0.1) is 30.2 Å². The van der Waals surface area contributed by atoms with E-state index < -0.39 is 5.82 Å². The Morgan fingerprint density at radius 3 is 2.69 bits per heavy atom. The number of halogens is 1. The van der Waals surface area contributed by atoms with E-state index in [1.807, 2.05) is 25.1 Å². The van der Waals surface area contributed by atoms with Crippen LogP contribution in [-0.2, 0) is 4.74 Å². The third kappa shape index (κ3) is 4.30. The average Bonchev–Trinajstić information content (AvgIpc) is 3.37. The Bertz CT molecular complexity index is 1140. The number of amides is 1. The summed E-state index contributed by atoms with van der Waals surface area (Å²) >= 11 is 0. The lowest BCUT2D eigenvalue weighted by atomic mass is 10.0. The van der Waals surface area contributed by atoms with Crippen molar-refractivity contribution in [1.29, 1.82) is 0 Å². The number of aromatic nitrogens is 3. The van der Waals surface area contributed by atoms with Gasteiger partial charge in [-0.25, -0.2) is 4.39 Å². The van der Waals surface area contributed by atoms with Crippen LogP contribution >= 0.6 is 0 Å². The van der Waals surface area contributed by atoms with E-state index in [2.05, 4.69) is 21.9 Å². The van der Waals surface area contributed by atoms with Crippen molar-refractivity contribution >= 4 is 24.1 Å². The molecule has 0 saturated carbocycles. The van der Waals surface area contributed by atoms with E-state index in [-0.39, 0.29) is 17.7 Å². The minimum Gasteiger partial charge on any atom is -0.488 e. The number of aliphatic imine (C=N–C) groups is 1. The maximum atomic E-state index is 14.2. The Balaban J connectivity index is 1.53. The molecule has 2 aromatic carbocycles. The van der Waals surface area contributed by atoms with Gasteiger partial charge in [-0.1, -0.05) is 18.2 Å². The van der Waals surface area contributed by atoms with Gasteiger partial charge in [-0.3, -0.25) is 9.79 Å². The van der Waals surface area contributed by atoms with Crippen LogP contribution in [0.4, 0.5) is 10.1 Å². The van der Waals surface area contributed by atoms with Gasteiger partial charge in [-0.15, -0.1) is 0 Å². The molecule has 0 radical (unpaired) electrons. The highest BCUT2D eigenvalue weighted by Gasteiger charge is 2.28. The summed E-state index contributed by atoms with van der Waals surface area (Å²) in [7, 11) is 0. The molecule has 1 unspecified atom stereocenters. The molecule has 164 valence electrons. The molecule has 1 aromatic heterocycles. The SMILES string of the molecule is C=Nc1c(F)cccc1C(=CC)OC1CCCN(C(=O)c2ccccc2-n2nccn2)C1. The van der Waals surface area contributed by atoms with Crippen molar-refractivity contribution < 1.29 is 13.9 Å². The number of hydrogen-bond donors (Lipinski definition) is 0. The van der Waals surface area contributed by atoms with Crippen LogP contribution in [0.5, 0.6) is 0 Å². The quantitative estimate of drug-likeness (QED) is 0.426. The van der Waals surface area contributed by atoms with Crippen molar-refractivity contribution in [2.75, 3.05) is 13.1 Å². The molecule has 1 amide bonds. The first kappa shape index (κ1) is 21.4. The third-order valence-corrected chi connectivity index (χ3v) is 5.40. The van der Waals surface area contributed by atoms with E-state index in [1.165, 1.54) is 10.9 Å². The number of ether oxygens (including phenoxy) is 1. The summed E-state index contributed by atoms with van der Waals surface area (Å²) in [5.74, 6) is -0.0375. The molecule has 3 aromatic rings. The van der Waals surface area contributed by atoms with Crippen molar-refractivity contribution in [3.8, 4) is 5.69 Å². The molecular weight excluding hydrogens is 409 g/mol. The number of carbonyl (C=O) groups is 1. The van der Waals surface area contributed by atoms with Crippen molar-refractivity contribution in [2.24, 2.45) is 4.99 Å². The van der Waals surface area contributed by atoms with Crippen molar-refractivity contribution in [2.45, 2.75) is 25.9 Å². The smallest absolute Gasteiger partial charge is 0.256 e. The molecule has 0 N–H and O–H groups in total. The molecule has 2 heterocycles. The van der Waals surface area contributed by atoms with Crippen LogP contribution in [-0.4, -0.2) is 51.7 Å². The van der Waals surface area contributed by atoms with Gasteiger partial charge in [0.1, 0.15) is 23.4 Å². The fraction of sp³-hybridized carbons (Fsp3) is 0.250. The molecule has 1 aliphatic rings. The fourth-order valence-corrected chi connectivity index (χ4v) is 3.90. The molecule has 0 spiro atoms. The lowest BCUT2D eigenvalue weighted by Gasteiger charge is -2.34. The largest absolute Gasteiger partial charge is 0.488 e. The second-order valence-corrected chi connectivity index (χ2v) is 7.42. The zero-order valence-corrected chi connectivity index (χ0v) is 17.8. The molecule has 4 rings (SSSR count). The zero-order chi connectivity index (χ0) is 22.5. The minimum absolute atomic E-state index is 0.104. The van der Waals surface area contributed by atoms with Gasteiger partial charge in [0, 0.05) is 12.1 Å². The first-order chi connectivity index (χ1) is 15.6. The predicted octanol–water partition coefficient (Wildman–Crippen LogP) is 4.42. The Labute approximate surface area is 185 Å². The first-order valence-corrected chi connectivity index (χ1v) is 10.5. The molecular formula is C24H24FN5O2. The summed E-state index contributed by atoms with van der Waals surface area (Å²) in [6.45, 7) is 6.35. The van der Waals surface area contributed by atoms with Crippen molar-refractivity contribution in [3.63, 3.8) is 0 Å². The van der Waals surface area contributed by atoms with E-state index in [0.717, 1.165) is 12.8 Å². The number of para-hydroxylation sites is 2. The molecule has 1 saturated heterocycles. The van der Waals surface area contributed by atoms with Crippen LogP contribution in [0.3, 0.4) is 0 Å². The first-order valence-electron chi connectivity index (χ1n) is 10.5. The van der Waals surface area contributed by atoms with E-state index in [9.17, 15) is 9.18 Å². The maximum absolute atomic E-state index is 14.2. The normalized spacial score (nSPS) is 16.6. The second-order valence-electron chi connectivity index (χ2n) is 7.42. The highest BCUT2D eigenvalue weighted by atomic mass is 19.1. The van der Waals surface area contributed by atoms with Crippen LogP contribution < -0.4 is 0 Å². The molecule has 1 atom stereocenters. The van der Waals surface area contributed by atoms with E-state index in [1.54, 1.807) is 41.6 Å². The lowest BCUT2D eigenvalue weighted by Crippen LogP contribution is -2.43. The van der Waals surface area contributed by atoms with E-state index in [4.69, 9.17) is 4.74 Å². The molecule has 0 bridgehead atoms. The number of piperidine rings is 1. The van der Waals surface area contributed by atoms with Gasteiger partial charge in [0.25, 0.3) is 5.91 Å². The van der Waals surface area contributed by atoms with Gasteiger partial charge in [0.15, 0.2) is 0 Å². The van der Waals surface area contributed by atoms with Gasteiger partial charge in [-0.05, 0) is 56.8 Å². The summed E-state index contributed by atoms with van der Waals surface area (Å²) < 4.78 is 20.4. The van der Waals surface area contributed by atoms with Crippen LogP contribution in [0.15, 0.2) is 65.9 Å². The topological polar surface area (TPSA) is 72.6 Å². The summed E-state index contributed by atoms with van der Waals surface area (Å²) in [6.07, 6.45) is 6.28. The van der Waals surface area contributed by atoms with Gasteiger partial charge in [-0.2, -0.15) is 15.0 Å². The standard InChI is InChI=1S/C24H24FN5O2/c1-3-22(19-10-6-11-20(25)23(19)26-2)32-17-8-7-15-29(16-17)24(31)18-9-4-5-12-21(18)30-27-13-14-28-30/h3-6,9-14,17H,2,7-8,15-16H2,1H3. The predicted molar refractivity (Wildman–Crippen MR) is 121 cm³/mol. The number of allylic oxidation sites excluding steroid dienone is 1. The fourth-order valence-electron chi connectivity index (χ4n) is 3.90. The molecule has 1 aliphatic heterocycles. The summed E-state index contributed by atoms with van der Waals surface area (Å²) in [5, 5.41) is 8.31. The molecule has 32 heavy (non-hydrogen) atoms. The maximum Gasteiger partial charge on any atom is 0.256 e. The van der Waals surface area contributed by atoms with Crippen LogP contribution in [0.25, 0.3) is 11.4 Å². The molecule has 8 heteroatoms. The van der Waals surface area contributed by atoms with Crippen LogP contribution in [0.2, 0.25) is 0 Å². The summed E-state index contributed by atoms with van der Waals surface area (Å²) in [6, 6.07) is 12.0. The molecule has 0 aliphatic carbocycles. The van der Waals surface area contributed by atoms with Gasteiger partial charge >= 0.3 is 0 Å². The Kier molecular flexibility index (Phi) is 6.39. The highest BCUT2D eigenvalue weighted by molar-refractivity contribution is 5.97.